The van der Waals surface area contributed by atoms with Crippen LogP contribution in [0.1, 0.15) is 65.2 Å². The van der Waals surface area contributed by atoms with Crippen LogP contribution in [-0.2, 0) is 4.74 Å². The summed E-state index contributed by atoms with van der Waals surface area (Å²) in [7, 11) is 0. The van der Waals surface area contributed by atoms with E-state index in [2.05, 4.69) is 19.2 Å². The minimum Gasteiger partial charge on any atom is -0.389 e. The first kappa shape index (κ1) is 15.3. The maximum absolute atomic E-state index is 10.6. The molecule has 2 N–H and O–H groups in total. The summed E-state index contributed by atoms with van der Waals surface area (Å²) in [5.41, 5.74) is -0.453. The summed E-state index contributed by atoms with van der Waals surface area (Å²) in [6.45, 7) is 6.09. The highest BCUT2D eigenvalue weighted by molar-refractivity contribution is 4.89. The second-order valence-electron chi connectivity index (χ2n) is 6.58. The molecule has 1 saturated carbocycles. The van der Waals surface area contributed by atoms with Crippen LogP contribution in [0.5, 0.6) is 0 Å². The predicted molar refractivity (Wildman–Crippen MR) is 78.3 cm³/mol. The number of hydrogen-bond donors (Lipinski definition) is 2. The van der Waals surface area contributed by atoms with E-state index in [0.29, 0.717) is 12.1 Å². The van der Waals surface area contributed by atoms with Crippen LogP contribution in [0.25, 0.3) is 0 Å². The number of hydrogen-bond acceptors (Lipinski definition) is 3. The van der Waals surface area contributed by atoms with Crippen molar-refractivity contribution in [2.75, 3.05) is 13.2 Å². The van der Waals surface area contributed by atoms with Gasteiger partial charge in [0.2, 0.25) is 0 Å². The van der Waals surface area contributed by atoms with Crippen molar-refractivity contribution in [3.8, 4) is 0 Å². The quantitative estimate of drug-likeness (QED) is 0.806. The molecule has 2 fully saturated rings. The molecule has 1 aliphatic heterocycles. The lowest BCUT2D eigenvalue weighted by atomic mass is 9.77. The highest BCUT2D eigenvalue weighted by Gasteiger charge is 2.33. The maximum Gasteiger partial charge on any atom is 0.0771 e. The Labute approximate surface area is 118 Å². The van der Waals surface area contributed by atoms with E-state index in [9.17, 15) is 5.11 Å². The molecule has 19 heavy (non-hydrogen) atoms. The third-order valence-corrected chi connectivity index (χ3v) is 5.16. The number of nitrogens with one attached hydrogen (secondary N) is 1. The minimum absolute atomic E-state index is 0.414. The fourth-order valence-corrected chi connectivity index (χ4v) is 3.48. The molecule has 3 nitrogen and oxygen atoms in total. The van der Waals surface area contributed by atoms with E-state index in [4.69, 9.17) is 4.74 Å². The highest BCUT2D eigenvalue weighted by Crippen LogP contribution is 2.33. The van der Waals surface area contributed by atoms with Crippen molar-refractivity contribution in [1.29, 1.82) is 0 Å². The first-order valence-electron chi connectivity index (χ1n) is 8.22. The molecule has 0 aromatic heterocycles. The Morgan fingerprint density at radius 3 is 2.53 bits per heavy atom. The molecule has 2 aliphatic rings. The lowest BCUT2D eigenvalue weighted by molar-refractivity contribution is -0.0267. The van der Waals surface area contributed by atoms with Gasteiger partial charge in [0.05, 0.1) is 11.7 Å². The number of rotatable bonds is 5. The lowest BCUT2D eigenvalue weighted by Crippen LogP contribution is -2.48. The molecule has 112 valence electrons. The first-order chi connectivity index (χ1) is 9.15. The van der Waals surface area contributed by atoms with Crippen molar-refractivity contribution in [3.05, 3.63) is 0 Å². The van der Waals surface area contributed by atoms with E-state index in [1.165, 1.54) is 19.3 Å². The van der Waals surface area contributed by atoms with Gasteiger partial charge in [-0.1, -0.05) is 20.3 Å². The zero-order valence-electron chi connectivity index (χ0n) is 12.7. The third kappa shape index (κ3) is 4.44. The first-order valence-corrected chi connectivity index (χ1v) is 8.22. The molecule has 1 aliphatic carbocycles. The Hall–Kier alpha value is -0.120. The molecule has 2 unspecified atom stereocenters. The summed E-state index contributed by atoms with van der Waals surface area (Å²) in [5.74, 6) is 0.841. The third-order valence-electron chi connectivity index (χ3n) is 5.16. The van der Waals surface area contributed by atoms with Crippen LogP contribution in [0, 0.1) is 5.92 Å². The Balaban J connectivity index is 1.72. The van der Waals surface area contributed by atoms with Crippen molar-refractivity contribution < 1.29 is 9.84 Å². The molecule has 0 aromatic carbocycles. The molecule has 2 atom stereocenters. The highest BCUT2D eigenvalue weighted by atomic mass is 16.5. The second-order valence-corrected chi connectivity index (χ2v) is 6.58. The van der Waals surface area contributed by atoms with Gasteiger partial charge >= 0.3 is 0 Å². The summed E-state index contributed by atoms with van der Waals surface area (Å²) < 4.78 is 5.70. The predicted octanol–water partition coefficient (Wildman–Crippen LogP) is 2.86. The fraction of sp³-hybridized carbons (Fsp3) is 1.00. The van der Waals surface area contributed by atoms with Crippen molar-refractivity contribution in [3.63, 3.8) is 0 Å². The van der Waals surface area contributed by atoms with Crippen LogP contribution in [0.3, 0.4) is 0 Å². The molecular formula is C16H31NO2. The lowest BCUT2D eigenvalue weighted by Gasteiger charge is -2.38. The van der Waals surface area contributed by atoms with Crippen molar-refractivity contribution in [2.24, 2.45) is 5.92 Å². The van der Waals surface area contributed by atoms with Gasteiger partial charge in [0.25, 0.3) is 0 Å². The van der Waals surface area contributed by atoms with Crippen LogP contribution in [0.15, 0.2) is 0 Å². The van der Waals surface area contributed by atoms with E-state index >= 15 is 0 Å². The van der Waals surface area contributed by atoms with E-state index in [1.54, 1.807) is 0 Å². The van der Waals surface area contributed by atoms with Gasteiger partial charge in [-0.2, -0.15) is 0 Å². The number of ether oxygens (including phenoxy) is 1. The summed E-state index contributed by atoms with van der Waals surface area (Å²) >= 11 is 0. The van der Waals surface area contributed by atoms with Crippen LogP contribution in [0.2, 0.25) is 0 Å². The average molecular weight is 269 g/mol. The monoisotopic (exact) mass is 269 g/mol. The van der Waals surface area contributed by atoms with Gasteiger partial charge in [0.1, 0.15) is 0 Å². The summed E-state index contributed by atoms with van der Waals surface area (Å²) in [5, 5.41) is 14.2. The summed E-state index contributed by atoms with van der Waals surface area (Å²) in [6.07, 6.45) is 9.30. The molecule has 0 aromatic rings. The van der Waals surface area contributed by atoms with Crippen LogP contribution >= 0.6 is 0 Å². The number of aliphatic hydroxyl groups is 1. The van der Waals surface area contributed by atoms with Crippen LogP contribution in [0.4, 0.5) is 0 Å². The Bertz CT molecular complexity index is 261. The van der Waals surface area contributed by atoms with Crippen molar-refractivity contribution in [2.45, 2.75) is 83.0 Å². The van der Waals surface area contributed by atoms with Gasteiger partial charge in [0.15, 0.2) is 0 Å². The van der Waals surface area contributed by atoms with E-state index < -0.39 is 5.60 Å². The average Bonchev–Trinajstić information content (AvgIpc) is 2.46. The molecule has 0 spiro atoms. The van der Waals surface area contributed by atoms with Gasteiger partial charge in [0, 0.05) is 19.2 Å². The molecule has 1 saturated heterocycles. The molecule has 3 heteroatoms. The van der Waals surface area contributed by atoms with Crippen molar-refractivity contribution >= 4 is 0 Å². The fourth-order valence-electron chi connectivity index (χ4n) is 3.48. The Morgan fingerprint density at radius 2 is 1.89 bits per heavy atom. The standard InChI is InChI=1S/C16H31NO2/c1-3-13-5-8-16(18,9-6-13)12-17-14-7-10-19-15(4-2)11-14/h13-15,17-18H,3-12H2,1-2H3. The molecule has 0 bridgehead atoms. The topological polar surface area (TPSA) is 41.5 Å². The summed E-state index contributed by atoms with van der Waals surface area (Å²) in [6, 6.07) is 0.534. The Morgan fingerprint density at radius 1 is 1.16 bits per heavy atom. The molecule has 1 heterocycles. The van der Waals surface area contributed by atoms with Crippen molar-refractivity contribution in [1.82, 2.24) is 5.32 Å². The Kier molecular flexibility index (Phi) is 5.67. The van der Waals surface area contributed by atoms with Gasteiger partial charge in [-0.05, 0) is 50.9 Å². The SMILES string of the molecule is CCC1CCC(O)(CNC2CCOC(CC)C2)CC1. The van der Waals surface area contributed by atoms with Gasteiger partial charge in [-0.15, -0.1) is 0 Å². The second kappa shape index (κ2) is 7.05. The van der Waals surface area contributed by atoms with Crippen LogP contribution < -0.4 is 5.32 Å². The molecule has 0 amide bonds. The van der Waals surface area contributed by atoms with Crippen LogP contribution in [-0.4, -0.2) is 36.0 Å². The van der Waals surface area contributed by atoms with Gasteiger partial charge in [-0.25, -0.2) is 0 Å². The molecule has 0 radical (unpaired) electrons. The minimum atomic E-state index is -0.453. The maximum atomic E-state index is 10.6. The molecular weight excluding hydrogens is 238 g/mol. The van der Waals surface area contributed by atoms with Gasteiger partial charge < -0.3 is 15.2 Å². The largest absolute Gasteiger partial charge is 0.389 e. The zero-order valence-corrected chi connectivity index (χ0v) is 12.7. The van der Waals surface area contributed by atoms with E-state index in [-0.39, 0.29) is 0 Å². The van der Waals surface area contributed by atoms with E-state index in [1.807, 2.05) is 0 Å². The van der Waals surface area contributed by atoms with Gasteiger partial charge in [-0.3, -0.25) is 0 Å². The van der Waals surface area contributed by atoms with E-state index in [0.717, 1.165) is 51.2 Å². The summed E-state index contributed by atoms with van der Waals surface area (Å²) in [4.78, 5) is 0. The smallest absolute Gasteiger partial charge is 0.0771 e. The normalized spacial score (nSPS) is 40.3. The zero-order chi connectivity index (χ0) is 13.7. The molecule has 2 rings (SSSR count).